The van der Waals surface area contributed by atoms with Crippen molar-refractivity contribution in [3.63, 3.8) is 0 Å². The van der Waals surface area contributed by atoms with Crippen LogP contribution in [0.25, 0.3) is 0 Å². The van der Waals surface area contributed by atoms with Gasteiger partial charge >= 0.3 is 0 Å². The summed E-state index contributed by atoms with van der Waals surface area (Å²) in [6, 6.07) is 0.118. The lowest BCUT2D eigenvalue weighted by Crippen LogP contribution is -2.37. The fourth-order valence-electron chi connectivity index (χ4n) is 1.87. The molecule has 0 atom stereocenters. The highest BCUT2D eigenvalue weighted by Crippen LogP contribution is 2.15. The minimum Gasteiger partial charge on any atom is -0.348 e. The Morgan fingerprint density at radius 2 is 2.19 bits per heavy atom. The van der Waals surface area contributed by atoms with Crippen LogP contribution in [0.15, 0.2) is 12.5 Å². The number of aromatic nitrogens is 2. The molecule has 0 unspecified atom stereocenters. The average molecular weight is 221 g/mol. The first-order valence-electron chi connectivity index (χ1n) is 5.45. The molecule has 5 heteroatoms. The smallest absolute Gasteiger partial charge is 0.271 e. The van der Waals surface area contributed by atoms with Gasteiger partial charge in [-0.1, -0.05) is 0 Å². The molecular formula is C11H15N3O2. The molecule has 0 aromatic carbocycles. The molecule has 0 saturated heterocycles. The van der Waals surface area contributed by atoms with Crippen LogP contribution in [0.3, 0.4) is 0 Å². The van der Waals surface area contributed by atoms with E-state index in [4.69, 9.17) is 0 Å². The lowest BCUT2D eigenvalue weighted by Gasteiger charge is -2.21. The quantitative estimate of drug-likeness (QED) is 0.798. The molecule has 1 aromatic rings. The van der Waals surface area contributed by atoms with Crippen molar-refractivity contribution in [3.05, 3.63) is 18.2 Å². The Kier molecular flexibility index (Phi) is 3.03. The second kappa shape index (κ2) is 4.47. The normalized spacial score (nSPS) is 17.4. The lowest BCUT2D eigenvalue weighted by atomic mass is 9.94. The minimum absolute atomic E-state index is 0.118. The molecular weight excluding hydrogens is 206 g/mol. The molecule has 1 aliphatic carbocycles. The fourth-order valence-corrected chi connectivity index (χ4v) is 1.87. The van der Waals surface area contributed by atoms with Gasteiger partial charge in [0.15, 0.2) is 0 Å². The van der Waals surface area contributed by atoms with Crippen molar-refractivity contribution in [2.24, 2.45) is 7.05 Å². The molecule has 2 rings (SSSR count). The van der Waals surface area contributed by atoms with Crippen molar-refractivity contribution in [3.8, 4) is 0 Å². The molecule has 1 heterocycles. The van der Waals surface area contributed by atoms with Crippen molar-refractivity contribution in [1.29, 1.82) is 0 Å². The summed E-state index contributed by atoms with van der Waals surface area (Å²) < 4.78 is 1.74. The van der Waals surface area contributed by atoms with Gasteiger partial charge in [0.1, 0.15) is 11.5 Å². The van der Waals surface area contributed by atoms with Gasteiger partial charge in [0.05, 0.1) is 6.33 Å². The van der Waals surface area contributed by atoms with Gasteiger partial charge in [0, 0.05) is 32.1 Å². The van der Waals surface area contributed by atoms with E-state index < -0.39 is 0 Å². The van der Waals surface area contributed by atoms with Crippen molar-refractivity contribution < 1.29 is 9.59 Å². The number of hydrogen-bond acceptors (Lipinski definition) is 3. The van der Waals surface area contributed by atoms with Crippen LogP contribution in [0.5, 0.6) is 0 Å². The maximum atomic E-state index is 11.7. The average Bonchev–Trinajstić information content (AvgIpc) is 2.68. The topological polar surface area (TPSA) is 64.0 Å². The maximum Gasteiger partial charge on any atom is 0.271 e. The molecule has 1 amide bonds. The lowest BCUT2D eigenvalue weighted by molar-refractivity contribution is -0.120. The third kappa shape index (κ3) is 2.48. The number of carbonyl (C=O) groups is 2. The molecule has 0 aliphatic heterocycles. The molecule has 1 aliphatic rings. The number of amides is 1. The molecule has 5 nitrogen and oxygen atoms in total. The number of hydrogen-bond donors (Lipinski definition) is 1. The second-order valence-electron chi connectivity index (χ2n) is 4.21. The van der Waals surface area contributed by atoms with E-state index >= 15 is 0 Å². The minimum atomic E-state index is -0.153. The van der Waals surface area contributed by atoms with E-state index in [2.05, 4.69) is 10.3 Å². The van der Waals surface area contributed by atoms with Crippen molar-refractivity contribution in [2.45, 2.75) is 31.7 Å². The maximum absolute atomic E-state index is 11.7. The summed E-state index contributed by atoms with van der Waals surface area (Å²) in [5, 5.41) is 2.90. The SMILES string of the molecule is Cn1cnc(C(=O)NC2CCC(=O)CC2)c1. The van der Waals surface area contributed by atoms with Crippen molar-refractivity contribution in [1.82, 2.24) is 14.9 Å². The van der Waals surface area contributed by atoms with E-state index in [-0.39, 0.29) is 11.9 Å². The molecule has 0 bridgehead atoms. The van der Waals surface area contributed by atoms with Crippen LogP contribution in [-0.4, -0.2) is 27.3 Å². The van der Waals surface area contributed by atoms with Crippen molar-refractivity contribution >= 4 is 11.7 Å². The van der Waals surface area contributed by atoms with Gasteiger partial charge in [0.2, 0.25) is 0 Å². The van der Waals surface area contributed by atoms with E-state index in [1.54, 1.807) is 17.1 Å². The molecule has 86 valence electrons. The first-order valence-corrected chi connectivity index (χ1v) is 5.45. The summed E-state index contributed by atoms with van der Waals surface area (Å²) in [7, 11) is 1.82. The number of aryl methyl sites for hydroxylation is 1. The molecule has 1 saturated carbocycles. The number of nitrogens with one attached hydrogen (secondary N) is 1. The predicted octanol–water partition coefficient (Wildman–Crippen LogP) is 0.662. The number of ketones is 1. The van der Waals surface area contributed by atoms with Gasteiger partial charge in [-0.25, -0.2) is 4.98 Å². The van der Waals surface area contributed by atoms with E-state index in [1.807, 2.05) is 7.05 Å². The van der Waals surface area contributed by atoms with Gasteiger partial charge in [-0.2, -0.15) is 0 Å². The zero-order chi connectivity index (χ0) is 11.5. The van der Waals surface area contributed by atoms with Gasteiger partial charge in [-0.3, -0.25) is 9.59 Å². The monoisotopic (exact) mass is 221 g/mol. The number of rotatable bonds is 2. The zero-order valence-corrected chi connectivity index (χ0v) is 9.27. The van der Waals surface area contributed by atoms with E-state index in [0.29, 0.717) is 24.3 Å². The molecule has 0 spiro atoms. The van der Waals surface area contributed by atoms with Gasteiger partial charge in [-0.05, 0) is 12.8 Å². The van der Waals surface area contributed by atoms with Crippen LogP contribution in [0.1, 0.15) is 36.2 Å². The first kappa shape index (κ1) is 10.9. The number of carbonyl (C=O) groups excluding carboxylic acids is 2. The highest BCUT2D eigenvalue weighted by atomic mass is 16.2. The number of nitrogens with zero attached hydrogens (tertiary/aromatic N) is 2. The van der Waals surface area contributed by atoms with E-state index in [9.17, 15) is 9.59 Å². The fraction of sp³-hybridized carbons (Fsp3) is 0.545. The second-order valence-corrected chi connectivity index (χ2v) is 4.21. The largest absolute Gasteiger partial charge is 0.348 e. The van der Waals surface area contributed by atoms with Crippen LogP contribution in [0.4, 0.5) is 0 Å². The molecule has 0 radical (unpaired) electrons. The highest BCUT2D eigenvalue weighted by Gasteiger charge is 2.21. The van der Waals surface area contributed by atoms with Crippen LogP contribution in [0.2, 0.25) is 0 Å². The summed E-state index contributed by atoms with van der Waals surface area (Å²) in [5.74, 6) is 0.142. The Morgan fingerprint density at radius 3 is 2.75 bits per heavy atom. The first-order chi connectivity index (χ1) is 7.65. The summed E-state index contributed by atoms with van der Waals surface area (Å²) in [6.45, 7) is 0. The summed E-state index contributed by atoms with van der Waals surface area (Å²) >= 11 is 0. The van der Waals surface area contributed by atoms with Crippen LogP contribution >= 0.6 is 0 Å². The van der Waals surface area contributed by atoms with Crippen molar-refractivity contribution in [2.75, 3.05) is 0 Å². The Bertz CT molecular complexity index is 401. The summed E-state index contributed by atoms with van der Waals surface area (Å²) in [4.78, 5) is 26.8. The molecule has 1 aromatic heterocycles. The van der Waals surface area contributed by atoms with E-state index in [0.717, 1.165) is 12.8 Å². The number of Topliss-reactive ketones (excluding diaryl/α,β-unsaturated/α-hetero) is 1. The highest BCUT2D eigenvalue weighted by molar-refractivity contribution is 5.92. The predicted molar refractivity (Wildman–Crippen MR) is 57.9 cm³/mol. The molecule has 16 heavy (non-hydrogen) atoms. The Morgan fingerprint density at radius 1 is 1.50 bits per heavy atom. The third-order valence-electron chi connectivity index (χ3n) is 2.82. The Balaban J connectivity index is 1.90. The standard InChI is InChI=1S/C11H15N3O2/c1-14-6-10(12-7-14)11(16)13-8-2-4-9(15)5-3-8/h6-8H,2-5H2,1H3,(H,13,16). The zero-order valence-electron chi connectivity index (χ0n) is 9.27. The number of imidazole rings is 1. The molecule has 1 N–H and O–H groups in total. The van der Waals surface area contributed by atoms with Crippen LogP contribution in [-0.2, 0) is 11.8 Å². The molecule has 1 fully saturated rings. The third-order valence-corrected chi connectivity index (χ3v) is 2.82. The summed E-state index contributed by atoms with van der Waals surface area (Å²) in [6.07, 6.45) is 5.93. The Hall–Kier alpha value is -1.65. The van der Waals surface area contributed by atoms with Crippen LogP contribution < -0.4 is 5.32 Å². The summed E-state index contributed by atoms with van der Waals surface area (Å²) in [5.41, 5.74) is 0.430. The Labute approximate surface area is 93.9 Å². The van der Waals surface area contributed by atoms with Gasteiger partial charge < -0.3 is 9.88 Å². The van der Waals surface area contributed by atoms with E-state index in [1.165, 1.54) is 0 Å². The van der Waals surface area contributed by atoms with Gasteiger partial charge in [0.25, 0.3) is 5.91 Å². The van der Waals surface area contributed by atoms with Crippen LogP contribution in [0, 0.1) is 0 Å². The van der Waals surface area contributed by atoms with Gasteiger partial charge in [-0.15, -0.1) is 0 Å².